The fourth-order valence-electron chi connectivity index (χ4n) is 1.80. The number of hydrogen-bond acceptors (Lipinski definition) is 2. The van der Waals surface area contributed by atoms with Crippen LogP contribution in [0.1, 0.15) is 18.4 Å². The lowest BCUT2D eigenvalue weighted by Crippen LogP contribution is -2.34. The Morgan fingerprint density at radius 2 is 2.05 bits per heavy atom. The number of halogens is 4. The highest BCUT2D eigenvalue weighted by atomic mass is 19.4. The molecule has 3 nitrogen and oxygen atoms in total. The monoisotopic (exact) mass is 290 g/mol. The van der Waals surface area contributed by atoms with Crippen LogP contribution < -0.4 is 5.32 Å². The first-order valence-electron chi connectivity index (χ1n) is 6.15. The van der Waals surface area contributed by atoms with Gasteiger partial charge in [0, 0.05) is 13.1 Å². The van der Waals surface area contributed by atoms with Gasteiger partial charge in [0.1, 0.15) is 5.82 Å². The fourth-order valence-corrected chi connectivity index (χ4v) is 1.80. The molecule has 1 fully saturated rings. The first-order valence-corrected chi connectivity index (χ1v) is 6.15. The number of anilines is 1. The molecule has 7 heteroatoms. The molecule has 1 aromatic rings. The maximum absolute atomic E-state index is 13.4. The van der Waals surface area contributed by atoms with Crippen LogP contribution in [0, 0.1) is 5.82 Å². The number of carbonyl (C=O) groups excluding carboxylic acids is 1. The van der Waals surface area contributed by atoms with E-state index in [9.17, 15) is 22.4 Å². The van der Waals surface area contributed by atoms with E-state index in [1.165, 1.54) is 4.90 Å². The second kappa shape index (κ2) is 5.30. The summed E-state index contributed by atoms with van der Waals surface area (Å²) in [7, 11) is 1.63. The van der Waals surface area contributed by atoms with E-state index in [1.54, 1.807) is 7.05 Å². The van der Waals surface area contributed by atoms with Crippen molar-refractivity contribution < 1.29 is 22.4 Å². The van der Waals surface area contributed by atoms with Crippen LogP contribution >= 0.6 is 0 Å². The molecule has 110 valence electrons. The van der Waals surface area contributed by atoms with Gasteiger partial charge in [-0.1, -0.05) is 0 Å². The zero-order valence-electron chi connectivity index (χ0n) is 10.8. The molecule has 0 aromatic heterocycles. The van der Waals surface area contributed by atoms with Crippen LogP contribution in [0.2, 0.25) is 0 Å². The molecule has 0 atom stereocenters. The van der Waals surface area contributed by atoms with Crippen molar-refractivity contribution in [2.75, 3.05) is 18.9 Å². The Morgan fingerprint density at radius 3 is 2.60 bits per heavy atom. The summed E-state index contributed by atoms with van der Waals surface area (Å²) in [4.78, 5) is 13.2. The topological polar surface area (TPSA) is 32.3 Å². The quantitative estimate of drug-likeness (QED) is 0.865. The van der Waals surface area contributed by atoms with E-state index in [0.717, 1.165) is 18.9 Å². The third kappa shape index (κ3) is 3.40. The van der Waals surface area contributed by atoms with Gasteiger partial charge in [0.2, 0.25) is 5.91 Å². The van der Waals surface area contributed by atoms with Crippen molar-refractivity contribution >= 4 is 11.6 Å². The Labute approximate surface area is 113 Å². The molecule has 0 unspecified atom stereocenters. The number of likely N-dealkylation sites (N-methyl/N-ethyl adjacent to an activating group) is 1. The van der Waals surface area contributed by atoms with Crippen LogP contribution in [0.25, 0.3) is 0 Å². The van der Waals surface area contributed by atoms with Crippen LogP contribution in [0.4, 0.5) is 23.2 Å². The predicted octanol–water partition coefficient (Wildman–Crippen LogP) is 2.88. The molecular weight excluding hydrogens is 276 g/mol. The Morgan fingerprint density at radius 1 is 1.40 bits per heavy atom. The highest BCUT2D eigenvalue weighted by Gasteiger charge is 2.32. The maximum atomic E-state index is 13.4. The van der Waals surface area contributed by atoms with Gasteiger partial charge in [-0.25, -0.2) is 4.39 Å². The van der Waals surface area contributed by atoms with Crippen molar-refractivity contribution in [3.05, 3.63) is 29.6 Å². The Balaban J connectivity index is 2.03. The lowest BCUT2D eigenvalue weighted by atomic mass is 10.2. The Bertz CT molecular complexity index is 512. The third-order valence-corrected chi connectivity index (χ3v) is 3.21. The van der Waals surface area contributed by atoms with Crippen molar-refractivity contribution in [3.63, 3.8) is 0 Å². The summed E-state index contributed by atoms with van der Waals surface area (Å²) in [5.74, 6) is -1.09. The van der Waals surface area contributed by atoms with Gasteiger partial charge < -0.3 is 10.2 Å². The molecule has 1 saturated carbocycles. The van der Waals surface area contributed by atoms with Gasteiger partial charge in [0.15, 0.2) is 0 Å². The first kappa shape index (κ1) is 14.6. The van der Waals surface area contributed by atoms with Crippen LogP contribution in [0.15, 0.2) is 18.2 Å². The number of carbonyl (C=O) groups is 1. The van der Waals surface area contributed by atoms with E-state index in [4.69, 9.17) is 0 Å². The third-order valence-electron chi connectivity index (χ3n) is 3.21. The average molecular weight is 290 g/mol. The van der Waals surface area contributed by atoms with Gasteiger partial charge in [-0.3, -0.25) is 4.79 Å². The smallest absolute Gasteiger partial charge is 0.374 e. The fraction of sp³-hybridized carbons (Fsp3) is 0.462. The van der Waals surface area contributed by atoms with Crippen molar-refractivity contribution in [2.24, 2.45) is 0 Å². The van der Waals surface area contributed by atoms with Gasteiger partial charge in [-0.2, -0.15) is 13.2 Å². The summed E-state index contributed by atoms with van der Waals surface area (Å²) in [5, 5.41) is 2.42. The molecule has 0 radical (unpaired) electrons. The van der Waals surface area contributed by atoms with Crippen LogP contribution in [0.3, 0.4) is 0 Å². The summed E-state index contributed by atoms with van der Waals surface area (Å²) >= 11 is 0. The minimum absolute atomic E-state index is 0.204. The minimum atomic E-state index is -4.54. The second-order valence-corrected chi connectivity index (χ2v) is 4.78. The maximum Gasteiger partial charge on any atom is 0.416 e. The molecule has 0 aliphatic heterocycles. The van der Waals surface area contributed by atoms with Crippen molar-refractivity contribution in [3.8, 4) is 0 Å². The van der Waals surface area contributed by atoms with Crippen molar-refractivity contribution in [2.45, 2.75) is 25.1 Å². The lowest BCUT2D eigenvalue weighted by molar-refractivity contribution is -0.137. The second-order valence-electron chi connectivity index (χ2n) is 4.78. The zero-order valence-corrected chi connectivity index (χ0v) is 10.8. The number of nitrogens with zero attached hydrogens (tertiary/aromatic N) is 1. The van der Waals surface area contributed by atoms with E-state index in [1.807, 2.05) is 0 Å². The van der Waals surface area contributed by atoms with Crippen LogP contribution in [0.5, 0.6) is 0 Å². The molecule has 2 rings (SSSR count). The summed E-state index contributed by atoms with van der Waals surface area (Å²) in [6.45, 7) is -0.231. The molecular formula is C13H14F4N2O. The normalized spacial score (nSPS) is 15.1. The molecule has 0 saturated heterocycles. The Kier molecular flexibility index (Phi) is 3.87. The van der Waals surface area contributed by atoms with Gasteiger partial charge in [0.05, 0.1) is 17.8 Å². The summed E-state index contributed by atoms with van der Waals surface area (Å²) in [5.41, 5.74) is -1.28. The largest absolute Gasteiger partial charge is 0.416 e. The van der Waals surface area contributed by atoms with Crippen LogP contribution in [-0.4, -0.2) is 30.4 Å². The average Bonchev–Trinajstić information content (AvgIpc) is 3.19. The molecule has 20 heavy (non-hydrogen) atoms. The van der Waals surface area contributed by atoms with E-state index in [0.29, 0.717) is 12.1 Å². The molecule has 0 bridgehead atoms. The number of benzene rings is 1. The molecule has 1 aromatic carbocycles. The lowest BCUT2D eigenvalue weighted by Gasteiger charge is -2.17. The van der Waals surface area contributed by atoms with Gasteiger partial charge in [-0.05, 0) is 31.0 Å². The molecule has 0 heterocycles. The summed E-state index contributed by atoms with van der Waals surface area (Å²) < 4.78 is 51.0. The Hall–Kier alpha value is -1.79. The van der Waals surface area contributed by atoms with E-state index in [2.05, 4.69) is 5.32 Å². The number of alkyl halides is 3. The van der Waals surface area contributed by atoms with Gasteiger partial charge in [0.25, 0.3) is 0 Å². The molecule has 0 spiro atoms. The number of rotatable bonds is 4. The molecule has 1 N–H and O–H groups in total. The van der Waals surface area contributed by atoms with E-state index >= 15 is 0 Å². The molecule has 1 aliphatic carbocycles. The zero-order chi connectivity index (χ0) is 14.9. The molecule has 1 amide bonds. The number of amides is 1. The van der Waals surface area contributed by atoms with E-state index in [-0.39, 0.29) is 24.2 Å². The first-order chi connectivity index (χ1) is 9.29. The summed E-state index contributed by atoms with van der Waals surface area (Å²) in [6, 6.07) is 2.27. The van der Waals surface area contributed by atoms with Crippen molar-refractivity contribution in [1.29, 1.82) is 0 Å². The van der Waals surface area contributed by atoms with Gasteiger partial charge in [-0.15, -0.1) is 0 Å². The highest BCUT2D eigenvalue weighted by Crippen LogP contribution is 2.31. The summed E-state index contributed by atoms with van der Waals surface area (Å²) in [6.07, 6.45) is -2.68. The number of nitrogens with one attached hydrogen (secondary N) is 1. The minimum Gasteiger partial charge on any atom is -0.374 e. The molecule has 1 aliphatic rings. The van der Waals surface area contributed by atoms with Crippen LogP contribution in [-0.2, 0) is 11.0 Å². The number of hydrogen-bond donors (Lipinski definition) is 1. The van der Waals surface area contributed by atoms with E-state index < -0.39 is 17.6 Å². The highest BCUT2D eigenvalue weighted by molar-refractivity contribution is 5.81. The van der Waals surface area contributed by atoms with Gasteiger partial charge >= 0.3 is 6.18 Å². The SMILES string of the molecule is CN(C(=O)CNc1cc(C(F)(F)F)ccc1F)C1CC1. The predicted molar refractivity (Wildman–Crippen MR) is 65.7 cm³/mol. The standard InChI is InChI=1S/C13H14F4N2O/c1-19(9-3-4-9)12(20)7-18-11-6-8(13(15,16)17)2-5-10(11)14/h2,5-6,9,18H,3-4,7H2,1H3. The van der Waals surface area contributed by atoms with Crippen molar-refractivity contribution in [1.82, 2.24) is 4.90 Å².